The standard InChI is InChI=1S/C23H24FNO3/c1-14-3-4-16(11-15(14)2)17-5-6-18(20(24)12-17)21(26)25-9-7-23(8-10-25)13-19(23)22(27)28/h3-6,11-12,19H,7-10,13H2,1-2H3,(H,27,28). The quantitative estimate of drug-likeness (QED) is 0.855. The third kappa shape index (κ3) is 3.19. The maximum atomic E-state index is 14.7. The van der Waals surface area contributed by atoms with E-state index in [9.17, 15) is 19.1 Å². The molecule has 1 N–H and O–H groups in total. The average Bonchev–Trinajstić information content (AvgIpc) is 3.38. The van der Waals surface area contributed by atoms with Gasteiger partial charge in [0.15, 0.2) is 0 Å². The number of carbonyl (C=O) groups excluding carboxylic acids is 1. The summed E-state index contributed by atoms with van der Waals surface area (Å²) in [6.45, 7) is 5.03. The van der Waals surface area contributed by atoms with Gasteiger partial charge in [-0.05, 0) is 72.9 Å². The number of halogens is 1. The first-order valence-electron chi connectivity index (χ1n) is 9.70. The fourth-order valence-electron chi connectivity index (χ4n) is 4.36. The highest BCUT2D eigenvalue weighted by atomic mass is 19.1. The zero-order valence-electron chi connectivity index (χ0n) is 16.2. The van der Waals surface area contributed by atoms with Crippen LogP contribution < -0.4 is 0 Å². The molecule has 146 valence electrons. The van der Waals surface area contributed by atoms with Crippen LogP contribution in [0, 0.1) is 31.0 Å². The molecule has 1 saturated heterocycles. The van der Waals surface area contributed by atoms with Crippen molar-refractivity contribution in [3.05, 3.63) is 58.9 Å². The fraction of sp³-hybridized carbons (Fsp3) is 0.391. The molecule has 0 bridgehead atoms. The van der Waals surface area contributed by atoms with E-state index in [0.29, 0.717) is 32.4 Å². The van der Waals surface area contributed by atoms with E-state index in [1.807, 2.05) is 32.0 Å². The minimum Gasteiger partial charge on any atom is -0.481 e. The Kier molecular flexibility index (Phi) is 4.48. The van der Waals surface area contributed by atoms with E-state index in [1.165, 1.54) is 11.6 Å². The number of aryl methyl sites for hydroxylation is 2. The van der Waals surface area contributed by atoms with Crippen molar-refractivity contribution in [1.29, 1.82) is 0 Å². The lowest BCUT2D eigenvalue weighted by molar-refractivity contribution is -0.139. The van der Waals surface area contributed by atoms with E-state index in [4.69, 9.17) is 0 Å². The number of carboxylic acids is 1. The van der Waals surface area contributed by atoms with Crippen molar-refractivity contribution in [3.63, 3.8) is 0 Å². The largest absolute Gasteiger partial charge is 0.481 e. The molecule has 1 heterocycles. The summed E-state index contributed by atoms with van der Waals surface area (Å²) in [5.41, 5.74) is 3.93. The Morgan fingerprint density at radius 1 is 1.04 bits per heavy atom. The van der Waals surface area contributed by atoms with Gasteiger partial charge in [0.1, 0.15) is 5.82 Å². The van der Waals surface area contributed by atoms with E-state index in [2.05, 4.69) is 0 Å². The zero-order chi connectivity index (χ0) is 20.1. The number of amides is 1. The van der Waals surface area contributed by atoms with E-state index >= 15 is 0 Å². The highest BCUT2D eigenvalue weighted by Crippen LogP contribution is 2.59. The Morgan fingerprint density at radius 2 is 1.68 bits per heavy atom. The zero-order valence-corrected chi connectivity index (χ0v) is 16.2. The molecule has 28 heavy (non-hydrogen) atoms. The third-order valence-corrected chi connectivity index (χ3v) is 6.57. The van der Waals surface area contributed by atoms with E-state index in [0.717, 1.165) is 16.7 Å². The normalized spacial score (nSPS) is 20.2. The van der Waals surface area contributed by atoms with Crippen molar-refractivity contribution in [1.82, 2.24) is 4.90 Å². The van der Waals surface area contributed by atoms with Crippen LogP contribution in [-0.4, -0.2) is 35.0 Å². The lowest BCUT2D eigenvalue weighted by Crippen LogP contribution is -2.40. The van der Waals surface area contributed by atoms with Gasteiger partial charge in [-0.25, -0.2) is 4.39 Å². The monoisotopic (exact) mass is 381 g/mol. The topological polar surface area (TPSA) is 57.6 Å². The van der Waals surface area contributed by atoms with E-state index in [1.54, 1.807) is 17.0 Å². The van der Waals surface area contributed by atoms with Crippen LogP contribution >= 0.6 is 0 Å². The maximum absolute atomic E-state index is 14.7. The number of benzene rings is 2. The molecule has 0 radical (unpaired) electrons. The molecule has 2 aromatic carbocycles. The summed E-state index contributed by atoms with van der Waals surface area (Å²) in [5, 5.41) is 9.18. The van der Waals surface area contributed by atoms with Gasteiger partial charge in [-0.1, -0.05) is 24.3 Å². The number of carbonyl (C=O) groups is 2. The predicted molar refractivity (Wildman–Crippen MR) is 105 cm³/mol. The molecule has 2 aromatic rings. The van der Waals surface area contributed by atoms with Crippen molar-refractivity contribution < 1.29 is 19.1 Å². The molecular formula is C23H24FNO3. The SMILES string of the molecule is Cc1ccc(-c2ccc(C(=O)N3CCC4(CC3)CC4C(=O)O)c(F)c2)cc1C. The van der Waals surface area contributed by atoms with E-state index in [-0.39, 0.29) is 22.8 Å². The van der Waals surface area contributed by atoms with Gasteiger partial charge in [-0.2, -0.15) is 0 Å². The Balaban J connectivity index is 1.48. The number of hydrogen-bond acceptors (Lipinski definition) is 2. The van der Waals surface area contributed by atoms with Gasteiger partial charge in [-0.15, -0.1) is 0 Å². The van der Waals surface area contributed by atoms with Gasteiger partial charge >= 0.3 is 5.97 Å². The number of hydrogen-bond donors (Lipinski definition) is 1. The molecule has 2 fully saturated rings. The summed E-state index contributed by atoms with van der Waals surface area (Å²) < 4.78 is 14.7. The van der Waals surface area contributed by atoms with Crippen LogP contribution in [0.15, 0.2) is 36.4 Å². The molecule has 5 heteroatoms. The van der Waals surface area contributed by atoms with Crippen LogP contribution in [0.3, 0.4) is 0 Å². The molecule has 1 spiro atoms. The van der Waals surface area contributed by atoms with Crippen LogP contribution in [0.25, 0.3) is 11.1 Å². The van der Waals surface area contributed by atoms with Crippen molar-refractivity contribution in [3.8, 4) is 11.1 Å². The summed E-state index contributed by atoms with van der Waals surface area (Å²) in [6, 6.07) is 10.7. The molecule has 1 unspecified atom stereocenters. The summed E-state index contributed by atoms with van der Waals surface area (Å²) in [6.07, 6.45) is 2.06. The fourth-order valence-corrected chi connectivity index (χ4v) is 4.36. The number of piperidine rings is 1. The first kappa shape index (κ1) is 18.7. The highest BCUT2D eigenvalue weighted by Gasteiger charge is 2.59. The van der Waals surface area contributed by atoms with Gasteiger partial charge in [0, 0.05) is 13.1 Å². The number of carboxylic acid groups (broad SMARTS) is 1. The Bertz CT molecular complexity index is 960. The Hall–Kier alpha value is -2.69. The molecule has 1 saturated carbocycles. The minimum absolute atomic E-state index is 0.0779. The van der Waals surface area contributed by atoms with Crippen LogP contribution in [0.2, 0.25) is 0 Å². The number of likely N-dealkylation sites (tertiary alicyclic amines) is 1. The summed E-state index contributed by atoms with van der Waals surface area (Å²) >= 11 is 0. The summed E-state index contributed by atoms with van der Waals surface area (Å²) in [5.74, 6) is -1.85. The third-order valence-electron chi connectivity index (χ3n) is 6.57. The Morgan fingerprint density at radius 3 is 2.25 bits per heavy atom. The van der Waals surface area contributed by atoms with E-state index < -0.39 is 11.8 Å². The molecule has 2 aliphatic rings. The molecule has 4 rings (SSSR count). The number of aliphatic carboxylic acids is 1. The van der Waals surface area contributed by atoms with Crippen molar-refractivity contribution in [2.24, 2.45) is 11.3 Å². The maximum Gasteiger partial charge on any atom is 0.307 e. The Labute approximate surface area is 164 Å². The van der Waals surface area contributed by atoms with Gasteiger partial charge in [0.2, 0.25) is 0 Å². The minimum atomic E-state index is -0.743. The van der Waals surface area contributed by atoms with Gasteiger partial charge in [0.25, 0.3) is 5.91 Å². The lowest BCUT2D eigenvalue weighted by Gasteiger charge is -2.32. The molecule has 4 nitrogen and oxygen atoms in total. The molecule has 1 aliphatic heterocycles. The van der Waals surface area contributed by atoms with Gasteiger partial charge < -0.3 is 10.0 Å². The van der Waals surface area contributed by atoms with Crippen LogP contribution in [-0.2, 0) is 4.79 Å². The molecule has 1 aliphatic carbocycles. The van der Waals surface area contributed by atoms with Crippen molar-refractivity contribution in [2.75, 3.05) is 13.1 Å². The van der Waals surface area contributed by atoms with Crippen molar-refractivity contribution >= 4 is 11.9 Å². The molecular weight excluding hydrogens is 357 g/mol. The smallest absolute Gasteiger partial charge is 0.307 e. The first-order valence-corrected chi connectivity index (χ1v) is 9.70. The van der Waals surface area contributed by atoms with Crippen molar-refractivity contribution in [2.45, 2.75) is 33.1 Å². The highest BCUT2D eigenvalue weighted by molar-refractivity contribution is 5.95. The lowest BCUT2D eigenvalue weighted by atomic mass is 9.90. The predicted octanol–water partition coefficient (Wildman–Crippen LogP) is 4.44. The number of rotatable bonds is 3. The van der Waals surface area contributed by atoms with Gasteiger partial charge in [0.05, 0.1) is 11.5 Å². The second-order valence-electron chi connectivity index (χ2n) is 8.24. The number of nitrogens with zero attached hydrogens (tertiary/aromatic N) is 1. The average molecular weight is 381 g/mol. The molecule has 0 aromatic heterocycles. The van der Waals surface area contributed by atoms with Crippen LogP contribution in [0.5, 0.6) is 0 Å². The summed E-state index contributed by atoms with van der Waals surface area (Å²) in [4.78, 5) is 25.6. The van der Waals surface area contributed by atoms with Crippen LogP contribution in [0.4, 0.5) is 4.39 Å². The molecule has 1 atom stereocenters. The van der Waals surface area contributed by atoms with Crippen LogP contribution in [0.1, 0.15) is 40.7 Å². The molecule has 1 amide bonds. The summed E-state index contributed by atoms with van der Waals surface area (Å²) in [7, 11) is 0. The van der Waals surface area contributed by atoms with Gasteiger partial charge in [-0.3, -0.25) is 9.59 Å². The first-order chi connectivity index (χ1) is 13.3. The second kappa shape index (κ2) is 6.73. The second-order valence-corrected chi connectivity index (χ2v) is 8.24.